The van der Waals surface area contributed by atoms with Crippen LogP contribution in [0.5, 0.6) is 0 Å². The molecule has 2 amide bonds. The van der Waals surface area contributed by atoms with Gasteiger partial charge in [-0.2, -0.15) is 0 Å². The number of carbonyl (C=O) groups excluding carboxylic acids is 2. The van der Waals surface area contributed by atoms with E-state index in [2.05, 4.69) is 22.0 Å². The van der Waals surface area contributed by atoms with E-state index in [1.807, 2.05) is 30.3 Å². The van der Waals surface area contributed by atoms with Crippen LogP contribution in [-0.4, -0.2) is 51.0 Å². The van der Waals surface area contributed by atoms with Crippen molar-refractivity contribution in [1.29, 1.82) is 0 Å². The number of carboxylic acid groups (broad SMARTS) is 1. The zero-order valence-electron chi connectivity index (χ0n) is 28.0. The van der Waals surface area contributed by atoms with Gasteiger partial charge in [-0.3, -0.25) is 19.0 Å². The van der Waals surface area contributed by atoms with Crippen LogP contribution < -0.4 is 10.9 Å². The van der Waals surface area contributed by atoms with Crippen molar-refractivity contribution in [2.45, 2.75) is 51.5 Å². The number of carboxylic acids is 1. The first kappa shape index (κ1) is 33.2. The molecule has 0 bridgehead atoms. The molecule has 6 rings (SSSR count). The maximum Gasteiger partial charge on any atom is 0.328 e. The number of benzene rings is 3. The maximum atomic E-state index is 13.9. The Morgan fingerprint density at radius 3 is 2.33 bits per heavy atom. The van der Waals surface area contributed by atoms with E-state index in [9.17, 15) is 19.2 Å². The number of likely N-dealkylation sites (N-methyl/N-ethyl adjacent to an activating group) is 1. The fourth-order valence-corrected chi connectivity index (χ4v) is 6.75. The molecule has 1 aliphatic rings. The molecule has 9 heteroatoms. The second-order valence-corrected chi connectivity index (χ2v) is 12.8. The highest BCUT2D eigenvalue weighted by molar-refractivity contribution is 6.07. The molecule has 1 saturated carbocycles. The summed E-state index contributed by atoms with van der Waals surface area (Å²) in [5.41, 5.74) is 6.08. The summed E-state index contributed by atoms with van der Waals surface area (Å²) in [4.78, 5) is 53.3. The summed E-state index contributed by atoms with van der Waals surface area (Å²) >= 11 is 0. The highest BCUT2D eigenvalue weighted by Crippen LogP contribution is 2.44. The number of aromatic nitrogens is 2. The van der Waals surface area contributed by atoms with Gasteiger partial charge in [0.15, 0.2) is 0 Å². The van der Waals surface area contributed by atoms with Crippen LogP contribution in [-0.2, 0) is 16.1 Å². The topological polar surface area (TPSA) is 114 Å². The van der Waals surface area contributed by atoms with Crippen LogP contribution in [0.15, 0.2) is 95.9 Å². The molecule has 0 spiro atoms. The summed E-state index contributed by atoms with van der Waals surface area (Å²) in [6.45, 7) is 1.89. The Balaban J connectivity index is 1.41. The maximum absolute atomic E-state index is 13.9. The quantitative estimate of drug-likeness (QED) is 0.162. The van der Waals surface area contributed by atoms with Gasteiger partial charge in [-0.05, 0) is 84.3 Å². The summed E-state index contributed by atoms with van der Waals surface area (Å²) in [5, 5.41) is 12.8. The minimum atomic E-state index is -1.05. The summed E-state index contributed by atoms with van der Waals surface area (Å²) in [6, 6.07) is 24.4. The van der Waals surface area contributed by atoms with E-state index in [0.717, 1.165) is 53.9 Å². The van der Waals surface area contributed by atoms with E-state index in [0.29, 0.717) is 28.3 Å². The Morgan fingerprint density at radius 2 is 1.65 bits per heavy atom. The smallest absolute Gasteiger partial charge is 0.328 e. The van der Waals surface area contributed by atoms with Crippen molar-refractivity contribution in [3.05, 3.63) is 124 Å². The van der Waals surface area contributed by atoms with E-state index in [1.165, 1.54) is 22.6 Å². The van der Waals surface area contributed by atoms with Crippen molar-refractivity contribution in [2.75, 3.05) is 19.4 Å². The number of nitrogens with one attached hydrogen (secondary N) is 1. The number of carbonyl (C=O) groups is 3. The molecule has 9 nitrogen and oxygen atoms in total. The van der Waals surface area contributed by atoms with Crippen molar-refractivity contribution >= 4 is 40.4 Å². The number of hydrogen-bond acceptors (Lipinski definition) is 4. The van der Waals surface area contributed by atoms with Crippen molar-refractivity contribution in [2.24, 2.45) is 0 Å². The highest BCUT2D eigenvalue weighted by Gasteiger charge is 2.28. The number of anilines is 1. The van der Waals surface area contributed by atoms with E-state index < -0.39 is 17.4 Å². The zero-order valence-corrected chi connectivity index (χ0v) is 28.0. The van der Waals surface area contributed by atoms with Gasteiger partial charge in [0.2, 0.25) is 5.91 Å². The number of nitrogens with zero attached hydrogens (tertiary/aromatic N) is 3. The molecule has 2 heterocycles. The predicted molar refractivity (Wildman–Crippen MR) is 193 cm³/mol. The summed E-state index contributed by atoms with van der Waals surface area (Å²) in [5.74, 6) is -1.18. The van der Waals surface area contributed by atoms with E-state index in [4.69, 9.17) is 5.11 Å². The minimum Gasteiger partial charge on any atom is -0.478 e. The Hall–Kier alpha value is -5.70. The Kier molecular flexibility index (Phi) is 9.62. The number of rotatable bonds is 9. The van der Waals surface area contributed by atoms with Crippen molar-refractivity contribution in [3.8, 4) is 16.9 Å². The second-order valence-electron chi connectivity index (χ2n) is 12.8. The molecule has 0 unspecified atom stereocenters. The van der Waals surface area contributed by atoms with Crippen molar-refractivity contribution in [1.82, 2.24) is 14.0 Å². The molecule has 1 fully saturated rings. The third kappa shape index (κ3) is 6.97. The van der Waals surface area contributed by atoms with Gasteiger partial charge < -0.3 is 19.9 Å². The first-order valence-electron chi connectivity index (χ1n) is 16.6. The molecule has 2 N–H and O–H groups in total. The predicted octanol–water partition coefficient (Wildman–Crippen LogP) is 7.25. The SMILES string of the molecule is Cc1ccn(-c2ccc(/C=C/C(=O)O)cc2)c(=O)c1NC(=O)c1ccc2c(C3CCCCC3)c(-c3ccccc3)n(CC(=O)N(C)C)c2c1. The molecular formula is C40H40N4O5. The van der Waals surface area contributed by atoms with E-state index >= 15 is 0 Å². The van der Waals surface area contributed by atoms with Gasteiger partial charge >= 0.3 is 5.97 Å². The van der Waals surface area contributed by atoms with E-state index in [1.54, 1.807) is 68.5 Å². The number of amides is 2. The normalized spacial score (nSPS) is 13.5. The van der Waals surface area contributed by atoms with Gasteiger partial charge in [0.1, 0.15) is 12.2 Å². The van der Waals surface area contributed by atoms with Crippen LogP contribution in [0.1, 0.15) is 65.1 Å². The summed E-state index contributed by atoms with van der Waals surface area (Å²) in [6.07, 6.45) is 9.84. The van der Waals surface area contributed by atoms with E-state index in [-0.39, 0.29) is 18.1 Å². The summed E-state index contributed by atoms with van der Waals surface area (Å²) in [7, 11) is 3.49. The van der Waals surface area contributed by atoms with Crippen molar-refractivity contribution < 1.29 is 19.5 Å². The highest BCUT2D eigenvalue weighted by atomic mass is 16.4. The van der Waals surface area contributed by atoms with Crippen LogP contribution in [0.25, 0.3) is 33.9 Å². The molecule has 0 aliphatic heterocycles. The molecule has 1 aliphatic carbocycles. The second kappa shape index (κ2) is 14.2. The summed E-state index contributed by atoms with van der Waals surface area (Å²) < 4.78 is 3.50. The van der Waals surface area contributed by atoms with Gasteiger partial charge in [-0.1, -0.05) is 67.8 Å². The van der Waals surface area contributed by atoms with Crippen LogP contribution in [0.4, 0.5) is 5.69 Å². The largest absolute Gasteiger partial charge is 0.478 e. The molecule has 0 saturated heterocycles. The van der Waals surface area contributed by atoms with Crippen LogP contribution in [0.3, 0.4) is 0 Å². The number of aryl methyl sites for hydroxylation is 1. The van der Waals surface area contributed by atoms with Gasteiger partial charge in [0.05, 0.1) is 11.2 Å². The average Bonchev–Trinajstić information content (AvgIpc) is 3.43. The lowest BCUT2D eigenvalue weighted by molar-refractivity contribution is -0.131. The fraction of sp³-hybridized carbons (Fsp3) is 0.250. The number of hydrogen-bond donors (Lipinski definition) is 2. The lowest BCUT2D eigenvalue weighted by atomic mass is 9.82. The molecule has 3 aromatic carbocycles. The first-order valence-corrected chi connectivity index (χ1v) is 16.6. The lowest BCUT2D eigenvalue weighted by Gasteiger charge is -2.24. The Morgan fingerprint density at radius 1 is 0.939 bits per heavy atom. The molecule has 5 aromatic rings. The Bertz CT molecular complexity index is 2120. The first-order chi connectivity index (χ1) is 23.6. The van der Waals surface area contributed by atoms with Gasteiger partial charge in [-0.25, -0.2) is 4.79 Å². The minimum absolute atomic E-state index is 0.0504. The third-order valence-electron chi connectivity index (χ3n) is 9.35. The van der Waals surface area contributed by atoms with Crippen LogP contribution in [0, 0.1) is 6.92 Å². The molecule has 2 aromatic heterocycles. The monoisotopic (exact) mass is 656 g/mol. The molecule has 0 radical (unpaired) electrons. The molecule has 250 valence electrons. The van der Waals surface area contributed by atoms with Gasteiger partial charge in [0, 0.05) is 43.0 Å². The number of fused-ring (bicyclic) bond motifs is 1. The fourth-order valence-electron chi connectivity index (χ4n) is 6.75. The third-order valence-corrected chi connectivity index (χ3v) is 9.35. The molecular weight excluding hydrogens is 616 g/mol. The van der Waals surface area contributed by atoms with Gasteiger partial charge in [0.25, 0.3) is 11.5 Å². The number of aliphatic carboxylic acids is 1. The average molecular weight is 657 g/mol. The molecule has 49 heavy (non-hydrogen) atoms. The Labute approximate surface area is 285 Å². The number of pyridine rings is 1. The lowest BCUT2D eigenvalue weighted by Crippen LogP contribution is -2.27. The zero-order chi connectivity index (χ0) is 34.7. The van der Waals surface area contributed by atoms with Crippen molar-refractivity contribution in [3.63, 3.8) is 0 Å². The van der Waals surface area contributed by atoms with Gasteiger partial charge in [-0.15, -0.1) is 0 Å². The van der Waals surface area contributed by atoms with Crippen LogP contribution in [0.2, 0.25) is 0 Å². The molecule has 0 atom stereocenters. The van der Waals surface area contributed by atoms with Crippen LogP contribution >= 0.6 is 0 Å². The standard InChI is InChI=1S/C40H40N4O5/c1-26-22-23-43(31-18-14-27(15-19-31)16-21-35(46)47)40(49)37(26)41-39(48)30-17-20-32-33(24-30)44(25-34(45)42(2)3)38(29-12-8-5-9-13-29)36(32)28-10-6-4-7-11-28/h5,8-9,12-24,28H,4,6-7,10-11,25H2,1-3H3,(H,41,48)(H,46,47)/b21-16+.